The molecule has 1 atom stereocenters. The zero-order chi connectivity index (χ0) is 9.83. The van der Waals surface area contributed by atoms with Crippen LogP contribution in [0.1, 0.15) is 0 Å². The van der Waals surface area contributed by atoms with Crippen molar-refractivity contribution in [3.63, 3.8) is 0 Å². The fourth-order valence-electron chi connectivity index (χ4n) is 0.305. The summed E-state index contributed by atoms with van der Waals surface area (Å²) in [5.74, 6) is 0. The number of hydrogen-bond donors (Lipinski definition) is 1. The number of halogens is 2. The summed E-state index contributed by atoms with van der Waals surface area (Å²) in [6.07, 6.45) is 1.03. The highest BCUT2D eigenvalue weighted by molar-refractivity contribution is 7.90. The van der Waals surface area contributed by atoms with Crippen LogP contribution in [0, 0.1) is 0 Å². The Morgan fingerprint density at radius 1 is 1.67 bits per heavy atom. The van der Waals surface area contributed by atoms with Gasteiger partial charge in [0.25, 0.3) is 0 Å². The van der Waals surface area contributed by atoms with Gasteiger partial charge in [-0.3, -0.25) is 4.52 Å². The molecule has 0 bridgehead atoms. The van der Waals surface area contributed by atoms with Crippen molar-refractivity contribution in [2.24, 2.45) is 0 Å². The van der Waals surface area contributed by atoms with Crippen LogP contribution >= 0.6 is 7.83 Å². The lowest BCUT2D eigenvalue weighted by Gasteiger charge is -2.05. The van der Waals surface area contributed by atoms with Crippen molar-refractivity contribution in [1.29, 1.82) is 0 Å². The average molecular weight is 221 g/mol. The minimum Gasteiger partial charge on any atom is -0.289 e. The zero-order valence-corrected chi connectivity index (χ0v) is 7.45. The topological polar surface area (TPSA) is 72.5 Å². The van der Waals surface area contributed by atoms with E-state index < -0.39 is 24.8 Å². The Morgan fingerprint density at radius 3 is 2.50 bits per heavy atom. The Kier molecular flexibility index (Phi) is 3.98. The molecular formula is C3H6F2NO4PS. The van der Waals surface area contributed by atoms with Crippen LogP contribution in [0.15, 0.2) is 12.7 Å². The molecule has 0 fully saturated rings. The number of nitrogens with one attached hydrogen (secondary N) is 1. The van der Waals surface area contributed by atoms with Crippen LogP contribution < -0.4 is 4.49 Å². The lowest BCUT2D eigenvalue weighted by atomic mass is 10.7. The molecule has 0 aromatic heterocycles. The van der Waals surface area contributed by atoms with Crippen molar-refractivity contribution in [2.75, 3.05) is 6.61 Å². The van der Waals surface area contributed by atoms with Crippen molar-refractivity contribution in [3.05, 3.63) is 12.7 Å². The SMILES string of the molecule is C=CCOP(=O)(F)NS(=O)(=O)F. The predicted molar refractivity (Wildman–Crippen MR) is 38.0 cm³/mol. The lowest BCUT2D eigenvalue weighted by molar-refractivity contribution is 0.316. The molecule has 0 saturated carbocycles. The van der Waals surface area contributed by atoms with Gasteiger partial charge in [0.2, 0.25) is 0 Å². The van der Waals surface area contributed by atoms with Crippen LogP contribution in [-0.2, 0) is 19.5 Å². The third kappa shape index (κ3) is 6.41. The van der Waals surface area contributed by atoms with Crippen LogP contribution in [0.4, 0.5) is 8.08 Å². The van der Waals surface area contributed by atoms with E-state index in [0.29, 0.717) is 4.49 Å². The largest absolute Gasteiger partial charge is 0.458 e. The molecule has 0 aliphatic heterocycles. The summed E-state index contributed by atoms with van der Waals surface area (Å²) in [4.78, 5) is 0. The first-order valence-electron chi connectivity index (χ1n) is 2.55. The van der Waals surface area contributed by atoms with E-state index in [1.54, 1.807) is 0 Å². The van der Waals surface area contributed by atoms with Gasteiger partial charge in [0, 0.05) is 0 Å². The van der Waals surface area contributed by atoms with Crippen molar-refractivity contribution in [3.8, 4) is 0 Å². The summed E-state index contributed by atoms with van der Waals surface area (Å²) in [5, 5.41) is 0. The van der Waals surface area contributed by atoms with Crippen LogP contribution in [0.5, 0.6) is 0 Å². The molecule has 0 rings (SSSR count). The van der Waals surface area contributed by atoms with E-state index in [-0.39, 0.29) is 0 Å². The first-order chi connectivity index (χ1) is 5.27. The Balaban J connectivity index is 4.24. The molecule has 1 N–H and O–H groups in total. The Hall–Kier alpha value is -0.300. The Bertz CT molecular complexity index is 301. The number of rotatable bonds is 5. The quantitative estimate of drug-likeness (QED) is 0.428. The molecule has 0 saturated heterocycles. The van der Waals surface area contributed by atoms with Crippen LogP contribution in [0.2, 0.25) is 0 Å². The molecule has 1 unspecified atom stereocenters. The molecular weight excluding hydrogens is 215 g/mol. The minimum absolute atomic E-state index is 0.490. The zero-order valence-electron chi connectivity index (χ0n) is 5.74. The van der Waals surface area contributed by atoms with Crippen molar-refractivity contribution < 1.29 is 25.6 Å². The van der Waals surface area contributed by atoms with Gasteiger partial charge in [-0.15, -0.1) is 10.8 Å². The van der Waals surface area contributed by atoms with Gasteiger partial charge in [0.05, 0.1) is 6.61 Å². The molecule has 9 heteroatoms. The van der Waals surface area contributed by atoms with Gasteiger partial charge < -0.3 is 0 Å². The normalized spacial score (nSPS) is 16.8. The highest BCUT2D eigenvalue weighted by Crippen LogP contribution is 2.44. The third-order valence-electron chi connectivity index (χ3n) is 0.577. The van der Waals surface area contributed by atoms with Crippen molar-refractivity contribution >= 4 is 18.2 Å². The second kappa shape index (κ2) is 4.08. The fraction of sp³-hybridized carbons (Fsp3) is 0.333. The van der Waals surface area contributed by atoms with E-state index in [0.717, 1.165) is 6.08 Å². The van der Waals surface area contributed by atoms with Gasteiger partial charge >= 0.3 is 18.2 Å². The molecule has 5 nitrogen and oxygen atoms in total. The van der Waals surface area contributed by atoms with E-state index in [4.69, 9.17) is 0 Å². The summed E-state index contributed by atoms with van der Waals surface area (Å²) < 4.78 is 58.1. The molecule has 0 radical (unpaired) electrons. The highest BCUT2D eigenvalue weighted by atomic mass is 32.3. The molecule has 0 spiro atoms. The summed E-state index contributed by atoms with van der Waals surface area (Å²) in [5.41, 5.74) is 0. The molecule has 0 aliphatic rings. The smallest absolute Gasteiger partial charge is 0.289 e. The molecule has 0 aliphatic carbocycles. The van der Waals surface area contributed by atoms with Crippen molar-refractivity contribution in [1.82, 2.24) is 4.49 Å². The molecule has 0 aromatic rings. The standard InChI is InChI=1S/C3H6F2NO4PS/c1-2-3-10-11(4,7)6-12(5,8)9/h2H,1,3H2,(H,6,7). The van der Waals surface area contributed by atoms with Gasteiger partial charge in [-0.2, -0.15) is 8.42 Å². The summed E-state index contributed by atoms with van der Waals surface area (Å²) in [6.45, 7) is 2.59. The molecule has 12 heavy (non-hydrogen) atoms. The molecule has 0 amide bonds. The Labute approximate surface area is 68.4 Å². The summed E-state index contributed by atoms with van der Waals surface area (Å²) in [6, 6.07) is 0. The van der Waals surface area contributed by atoms with Gasteiger partial charge in [-0.25, -0.2) is 4.57 Å². The Morgan fingerprint density at radius 2 is 2.17 bits per heavy atom. The van der Waals surface area contributed by atoms with Crippen LogP contribution in [-0.4, -0.2) is 15.0 Å². The maximum absolute atomic E-state index is 12.3. The van der Waals surface area contributed by atoms with Crippen LogP contribution in [0.25, 0.3) is 0 Å². The minimum atomic E-state index is -5.36. The average Bonchev–Trinajstić information content (AvgIpc) is 1.78. The molecule has 72 valence electrons. The van der Waals surface area contributed by atoms with E-state index >= 15 is 0 Å². The second-order valence-electron chi connectivity index (χ2n) is 1.59. The first-order valence-corrected chi connectivity index (χ1v) is 5.45. The second-order valence-corrected chi connectivity index (χ2v) is 4.42. The fourth-order valence-corrected chi connectivity index (χ4v) is 1.86. The van der Waals surface area contributed by atoms with Gasteiger partial charge in [-0.1, -0.05) is 14.5 Å². The van der Waals surface area contributed by atoms with Gasteiger partial charge in [0.1, 0.15) is 0 Å². The van der Waals surface area contributed by atoms with E-state index in [2.05, 4.69) is 11.1 Å². The van der Waals surface area contributed by atoms with E-state index in [1.165, 1.54) is 0 Å². The summed E-state index contributed by atoms with van der Waals surface area (Å²) >= 11 is 0. The predicted octanol–water partition coefficient (Wildman–Crippen LogP) is 1.07. The summed E-state index contributed by atoms with van der Waals surface area (Å²) in [7, 11) is -10.5. The monoisotopic (exact) mass is 221 g/mol. The van der Waals surface area contributed by atoms with E-state index in [9.17, 15) is 21.1 Å². The lowest BCUT2D eigenvalue weighted by Crippen LogP contribution is -2.14. The van der Waals surface area contributed by atoms with Crippen molar-refractivity contribution in [2.45, 2.75) is 0 Å². The first kappa shape index (κ1) is 11.7. The maximum Gasteiger partial charge on any atom is 0.458 e. The molecule has 0 heterocycles. The third-order valence-corrected chi connectivity index (χ3v) is 2.80. The number of hydrogen-bond acceptors (Lipinski definition) is 4. The van der Waals surface area contributed by atoms with Gasteiger partial charge in [-0.05, 0) is 0 Å². The van der Waals surface area contributed by atoms with Crippen LogP contribution in [0.3, 0.4) is 0 Å². The van der Waals surface area contributed by atoms with E-state index in [1.807, 2.05) is 0 Å². The molecule has 0 aromatic carbocycles. The van der Waals surface area contributed by atoms with Gasteiger partial charge in [0.15, 0.2) is 0 Å². The maximum atomic E-state index is 12.3. The highest BCUT2D eigenvalue weighted by Gasteiger charge is 2.28.